The van der Waals surface area contributed by atoms with Gasteiger partial charge in [-0.1, -0.05) is 30.3 Å². The van der Waals surface area contributed by atoms with E-state index in [-0.39, 0.29) is 22.9 Å². The largest absolute Gasteiger partial charge is 0.388 e. The van der Waals surface area contributed by atoms with Crippen LogP contribution in [0.3, 0.4) is 0 Å². The average molecular weight is 312 g/mol. The van der Waals surface area contributed by atoms with Crippen molar-refractivity contribution in [3.8, 4) is 0 Å². The van der Waals surface area contributed by atoms with Gasteiger partial charge >= 0.3 is 0 Å². The Balaban J connectivity index is 1.64. The first-order valence-corrected chi connectivity index (χ1v) is 7.87. The highest BCUT2D eigenvalue weighted by Gasteiger charge is 2.29. The molecule has 1 fully saturated rings. The molecule has 2 N–H and O–H groups in total. The molecular weight excluding hydrogens is 292 g/mol. The number of H-pyrrole nitrogens is 1. The Morgan fingerprint density at radius 3 is 2.48 bits per heavy atom. The van der Waals surface area contributed by atoms with Crippen molar-refractivity contribution in [2.45, 2.75) is 18.9 Å². The molecule has 0 radical (unpaired) electrons. The number of hydrogen-bond donors (Lipinski definition) is 2. The van der Waals surface area contributed by atoms with E-state index in [1.807, 2.05) is 30.3 Å². The lowest BCUT2D eigenvalue weighted by atomic mass is 9.87. The molecule has 1 aromatic carbocycles. The summed E-state index contributed by atoms with van der Waals surface area (Å²) < 4.78 is 0. The predicted molar refractivity (Wildman–Crippen MR) is 87.1 cm³/mol. The molecule has 2 heterocycles. The molecule has 1 unspecified atom stereocenters. The molecule has 0 bridgehead atoms. The molecule has 5 heteroatoms. The van der Waals surface area contributed by atoms with Crippen molar-refractivity contribution in [1.29, 1.82) is 0 Å². The molecule has 23 heavy (non-hydrogen) atoms. The standard InChI is InChI=1S/C18H20N2O3/c21-16(13-5-2-1-3-6-13)14-8-11-20(12-9-14)18(23)15-7-4-10-19-17(15)22/h1-7,10,14,16,21H,8-9,11-12H2,(H,19,22). The second kappa shape index (κ2) is 6.79. The predicted octanol–water partition coefficient (Wildman–Crippen LogP) is 1.96. The minimum atomic E-state index is -0.506. The van der Waals surface area contributed by atoms with Gasteiger partial charge in [0.05, 0.1) is 6.10 Å². The zero-order valence-electron chi connectivity index (χ0n) is 12.8. The fourth-order valence-corrected chi connectivity index (χ4v) is 3.10. The number of benzene rings is 1. The fraction of sp³-hybridized carbons (Fsp3) is 0.333. The summed E-state index contributed by atoms with van der Waals surface area (Å²) >= 11 is 0. The van der Waals surface area contributed by atoms with Crippen LogP contribution in [0.5, 0.6) is 0 Å². The van der Waals surface area contributed by atoms with Crippen LogP contribution >= 0.6 is 0 Å². The molecule has 1 saturated heterocycles. The van der Waals surface area contributed by atoms with Gasteiger partial charge in [0.25, 0.3) is 11.5 Å². The molecule has 1 atom stereocenters. The Bertz CT molecular complexity index is 718. The maximum atomic E-state index is 12.4. The first-order chi connectivity index (χ1) is 11.2. The Labute approximate surface area is 134 Å². The summed E-state index contributed by atoms with van der Waals surface area (Å²) in [5.41, 5.74) is 0.732. The van der Waals surface area contributed by atoms with Gasteiger partial charge in [-0.25, -0.2) is 0 Å². The Morgan fingerprint density at radius 1 is 1.13 bits per heavy atom. The van der Waals surface area contributed by atoms with Crippen molar-refractivity contribution >= 4 is 5.91 Å². The van der Waals surface area contributed by atoms with Crippen LogP contribution in [0, 0.1) is 5.92 Å². The van der Waals surface area contributed by atoms with Crippen LogP contribution < -0.4 is 5.56 Å². The van der Waals surface area contributed by atoms with E-state index < -0.39 is 6.10 Å². The number of aliphatic hydroxyl groups excluding tert-OH is 1. The zero-order chi connectivity index (χ0) is 16.2. The summed E-state index contributed by atoms with van der Waals surface area (Å²) in [6.07, 6.45) is 2.47. The van der Waals surface area contributed by atoms with Crippen LogP contribution in [0.15, 0.2) is 53.5 Å². The van der Waals surface area contributed by atoms with E-state index in [0.717, 1.165) is 18.4 Å². The maximum absolute atomic E-state index is 12.4. The number of hydrogen-bond acceptors (Lipinski definition) is 3. The number of rotatable bonds is 3. The molecule has 1 aromatic heterocycles. The second-order valence-electron chi connectivity index (χ2n) is 5.90. The van der Waals surface area contributed by atoms with Gasteiger partial charge in [-0.2, -0.15) is 0 Å². The monoisotopic (exact) mass is 312 g/mol. The summed E-state index contributed by atoms with van der Waals surface area (Å²) in [6.45, 7) is 1.11. The molecule has 120 valence electrons. The van der Waals surface area contributed by atoms with Gasteiger partial charge in [0.2, 0.25) is 0 Å². The molecule has 0 spiro atoms. The lowest BCUT2D eigenvalue weighted by molar-refractivity contribution is 0.0461. The zero-order valence-corrected chi connectivity index (χ0v) is 12.8. The number of carbonyl (C=O) groups is 1. The number of amides is 1. The lowest BCUT2D eigenvalue weighted by Crippen LogP contribution is -2.41. The van der Waals surface area contributed by atoms with Crippen molar-refractivity contribution < 1.29 is 9.90 Å². The Hall–Kier alpha value is -2.40. The average Bonchev–Trinajstić information content (AvgIpc) is 2.62. The second-order valence-corrected chi connectivity index (χ2v) is 5.90. The van der Waals surface area contributed by atoms with Crippen molar-refractivity contribution in [2.75, 3.05) is 13.1 Å². The van der Waals surface area contributed by atoms with Gasteiger partial charge in [-0.05, 0) is 36.5 Å². The number of nitrogens with one attached hydrogen (secondary N) is 1. The minimum Gasteiger partial charge on any atom is -0.388 e. The summed E-state index contributed by atoms with van der Waals surface area (Å²) in [7, 11) is 0. The number of aromatic amines is 1. The van der Waals surface area contributed by atoms with Gasteiger partial charge in [0.15, 0.2) is 0 Å². The molecular formula is C18H20N2O3. The van der Waals surface area contributed by atoms with E-state index in [2.05, 4.69) is 4.98 Å². The van der Waals surface area contributed by atoms with Crippen molar-refractivity contribution in [1.82, 2.24) is 9.88 Å². The molecule has 0 aliphatic carbocycles. The molecule has 2 aromatic rings. The third-order valence-electron chi connectivity index (χ3n) is 4.46. The number of pyridine rings is 1. The summed E-state index contributed by atoms with van der Waals surface area (Å²) in [5.74, 6) is -0.102. The number of nitrogens with zero attached hydrogens (tertiary/aromatic N) is 1. The number of aromatic nitrogens is 1. The van der Waals surface area contributed by atoms with Crippen LogP contribution in [-0.4, -0.2) is 34.0 Å². The van der Waals surface area contributed by atoms with Crippen LogP contribution in [0.4, 0.5) is 0 Å². The maximum Gasteiger partial charge on any atom is 0.260 e. The molecule has 1 amide bonds. The van der Waals surface area contributed by atoms with Gasteiger partial charge in [-0.3, -0.25) is 9.59 Å². The molecule has 1 aliphatic rings. The Kier molecular flexibility index (Phi) is 4.57. The highest BCUT2D eigenvalue weighted by Crippen LogP contribution is 2.30. The number of aliphatic hydroxyl groups is 1. The van der Waals surface area contributed by atoms with Crippen molar-refractivity contribution in [2.24, 2.45) is 5.92 Å². The van der Waals surface area contributed by atoms with Crippen molar-refractivity contribution in [3.63, 3.8) is 0 Å². The summed E-state index contributed by atoms with van der Waals surface area (Å²) in [6, 6.07) is 12.8. The van der Waals surface area contributed by atoms with Gasteiger partial charge in [0.1, 0.15) is 5.56 Å². The SMILES string of the molecule is O=C(c1ccc[nH]c1=O)N1CCC(C(O)c2ccccc2)CC1. The molecule has 5 nitrogen and oxygen atoms in total. The molecule has 3 rings (SSSR count). The highest BCUT2D eigenvalue weighted by atomic mass is 16.3. The third kappa shape index (κ3) is 3.35. The normalized spacial score (nSPS) is 17.0. The summed E-state index contributed by atoms with van der Waals surface area (Å²) in [4.78, 5) is 28.3. The summed E-state index contributed by atoms with van der Waals surface area (Å²) in [5, 5.41) is 10.5. The molecule has 1 aliphatic heterocycles. The topological polar surface area (TPSA) is 73.4 Å². The third-order valence-corrected chi connectivity index (χ3v) is 4.46. The van der Waals surface area contributed by atoms with E-state index in [0.29, 0.717) is 13.1 Å². The van der Waals surface area contributed by atoms with Crippen molar-refractivity contribution in [3.05, 3.63) is 70.1 Å². The lowest BCUT2D eigenvalue weighted by Gasteiger charge is -2.34. The smallest absolute Gasteiger partial charge is 0.260 e. The van der Waals surface area contributed by atoms with Crippen LogP contribution in [-0.2, 0) is 0 Å². The fourth-order valence-electron chi connectivity index (χ4n) is 3.10. The quantitative estimate of drug-likeness (QED) is 0.910. The van der Waals surface area contributed by atoms with E-state index in [1.165, 1.54) is 6.20 Å². The number of carbonyl (C=O) groups excluding carboxylic acids is 1. The van der Waals surface area contributed by atoms with Gasteiger partial charge < -0.3 is 15.0 Å². The van der Waals surface area contributed by atoms with Crippen LogP contribution in [0.2, 0.25) is 0 Å². The van der Waals surface area contributed by atoms with E-state index in [4.69, 9.17) is 0 Å². The number of likely N-dealkylation sites (tertiary alicyclic amines) is 1. The minimum absolute atomic E-state index is 0.135. The van der Waals surface area contributed by atoms with E-state index >= 15 is 0 Å². The van der Waals surface area contributed by atoms with E-state index in [1.54, 1.807) is 17.0 Å². The van der Waals surface area contributed by atoms with E-state index in [9.17, 15) is 14.7 Å². The number of piperidine rings is 1. The van der Waals surface area contributed by atoms with Crippen LogP contribution in [0.25, 0.3) is 0 Å². The first-order valence-electron chi connectivity index (χ1n) is 7.87. The van der Waals surface area contributed by atoms with Gasteiger partial charge in [0, 0.05) is 19.3 Å². The van der Waals surface area contributed by atoms with Crippen LogP contribution in [0.1, 0.15) is 34.9 Å². The molecule has 0 saturated carbocycles. The highest BCUT2D eigenvalue weighted by molar-refractivity contribution is 5.93. The van der Waals surface area contributed by atoms with Gasteiger partial charge in [-0.15, -0.1) is 0 Å². The Morgan fingerprint density at radius 2 is 1.83 bits per heavy atom. The first kappa shape index (κ1) is 15.5.